The van der Waals surface area contributed by atoms with Gasteiger partial charge in [0.25, 0.3) is 0 Å². The third-order valence-electron chi connectivity index (χ3n) is 0.986. The van der Waals surface area contributed by atoms with Crippen molar-refractivity contribution in [2.45, 2.75) is 12.8 Å². The zero-order valence-corrected chi connectivity index (χ0v) is 6.42. The van der Waals surface area contributed by atoms with Crippen LogP contribution in [0.3, 0.4) is 0 Å². The summed E-state index contributed by atoms with van der Waals surface area (Å²) in [4.78, 5) is 19.1. The Morgan fingerprint density at radius 3 is 3.00 bits per heavy atom. The van der Waals surface area contributed by atoms with Crippen LogP contribution >= 0.6 is 0 Å². The van der Waals surface area contributed by atoms with Gasteiger partial charge in [-0.2, -0.15) is 5.48 Å². The molecule has 1 N–H and O–H groups in total. The summed E-state index contributed by atoms with van der Waals surface area (Å²) < 4.78 is 0. The van der Waals surface area contributed by atoms with E-state index in [1.54, 1.807) is 0 Å². The van der Waals surface area contributed by atoms with Gasteiger partial charge in [0.2, 0.25) is 5.78 Å². The van der Waals surface area contributed by atoms with E-state index in [4.69, 9.17) is 6.42 Å². The van der Waals surface area contributed by atoms with Crippen LogP contribution in [-0.2, 0) is 14.7 Å². The van der Waals surface area contributed by atoms with Crippen LogP contribution in [0.2, 0.25) is 0 Å². The van der Waals surface area contributed by atoms with Crippen molar-refractivity contribution in [1.82, 2.24) is 5.48 Å². The molecule has 0 saturated carbocycles. The molecule has 0 saturated heterocycles. The summed E-state index contributed by atoms with van der Waals surface area (Å²) in [5.41, 5.74) is 2.47. The van der Waals surface area contributed by atoms with E-state index >= 15 is 0 Å². The van der Waals surface area contributed by atoms with Crippen LogP contribution in [0.4, 0.5) is 0 Å². The Hall–Kier alpha value is -0.890. The maximum Gasteiger partial charge on any atom is 0.205 e. The Kier molecular flexibility index (Phi) is 6.64. The molecule has 0 atom stereocenters. The highest BCUT2D eigenvalue weighted by atomic mass is 17.3. The fourth-order valence-electron chi connectivity index (χ4n) is 0.494. The summed E-state index contributed by atoms with van der Waals surface area (Å²) in [5, 5.41) is 0. The average Bonchev–Trinajstić information content (AvgIpc) is 2.04. The van der Waals surface area contributed by atoms with Crippen molar-refractivity contribution in [3.05, 3.63) is 0 Å². The van der Waals surface area contributed by atoms with Gasteiger partial charge < -0.3 is 0 Å². The van der Waals surface area contributed by atoms with E-state index in [0.717, 1.165) is 0 Å². The maximum atomic E-state index is 10.5. The number of hydrogen-bond acceptors (Lipinski definition) is 4. The minimum atomic E-state index is -0.191. The highest BCUT2D eigenvalue weighted by molar-refractivity contribution is 5.94. The Morgan fingerprint density at radius 1 is 1.73 bits per heavy atom. The molecule has 0 spiro atoms. The summed E-state index contributed by atoms with van der Waals surface area (Å²) in [6.07, 6.45) is 5.85. The second-order valence-electron chi connectivity index (χ2n) is 1.82. The lowest BCUT2D eigenvalue weighted by atomic mass is 10.2. The van der Waals surface area contributed by atoms with E-state index < -0.39 is 0 Å². The predicted molar refractivity (Wildman–Crippen MR) is 39.2 cm³/mol. The first-order valence-corrected chi connectivity index (χ1v) is 3.23. The second kappa shape index (κ2) is 7.22. The SMILES string of the molecule is C#CC(=O)CCCNOOC. The number of rotatable bonds is 6. The molecule has 0 fully saturated rings. The number of hydrogen-bond donors (Lipinski definition) is 1. The van der Waals surface area contributed by atoms with Crippen LogP contribution in [0, 0.1) is 12.3 Å². The van der Waals surface area contributed by atoms with E-state index in [1.165, 1.54) is 7.11 Å². The Bertz CT molecular complexity index is 150. The standard InChI is InChI=1S/C7H11NO3/c1-3-7(9)5-4-6-8-11-10-2/h1,8H,4-6H2,2H3. The molecule has 0 aliphatic heterocycles. The lowest BCUT2D eigenvalue weighted by Crippen LogP contribution is -2.15. The van der Waals surface area contributed by atoms with Gasteiger partial charge in [0, 0.05) is 13.0 Å². The van der Waals surface area contributed by atoms with Crippen LogP contribution in [-0.4, -0.2) is 19.4 Å². The summed E-state index contributed by atoms with van der Waals surface area (Å²) in [6.45, 7) is 0.543. The molecule has 0 unspecified atom stereocenters. The number of Topliss-reactive ketones (excluding diaryl/α,β-unsaturated/α-hetero) is 1. The highest BCUT2D eigenvalue weighted by Crippen LogP contribution is 1.87. The lowest BCUT2D eigenvalue weighted by molar-refractivity contribution is -0.316. The van der Waals surface area contributed by atoms with Gasteiger partial charge in [0.1, 0.15) is 0 Å². The summed E-state index contributed by atoms with van der Waals surface area (Å²) >= 11 is 0. The topological polar surface area (TPSA) is 47.6 Å². The molecule has 4 heteroatoms. The van der Waals surface area contributed by atoms with Crippen molar-refractivity contribution in [2.24, 2.45) is 0 Å². The minimum absolute atomic E-state index is 0.191. The number of hydroxylamine groups is 1. The molecule has 0 bridgehead atoms. The van der Waals surface area contributed by atoms with Crippen molar-refractivity contribution < 1.29 is 14.7 Å². The first-order valence-electron chi connectivity index (χ1n) is 3.23. The van der Waals surface area contributed by atoms with E-state index in [9.17, 15) is 4.79 Å². The molecule has 0 radical (unpaired) electrons. The van der Waals surface area contributed by atoms with Crippen LogP contribution in [0.5, 0.6) is 0 Å². The van der Waals surface area contributed by atoms with Gasteiger partial charge in [0.15, 0.2) is 0 Å². The third kappa shape index (κ3) is 7.00. The van der Waals surface area contributed by atoms with Gasteiger partial charge in [-0.05, 0) is 12.3 Å². The zero-order valence-electron chi connectivity index (χ0n) is 6.42. The molecule has 0 amide bonds. The molecule has 0 aromatic heterocycles. The number of terminal acetylenes is 1. The van der Waals surface area contributed by atoms with Gasteiger partial charge in [-0.1, -0.05) is 0 Å². The predicted octanol–water partition coefficient (Wildman–Crippen LogP) is 0.0515. The fourth-order valence-corrected chi connectivity index (χ4v) is 0.494. The number of carbonyl (C=O) groups is 1. The highest BCUT2D eigenvalue weighted by Gasteiger charge is 1.94. The minimum Gasteiger partial charge on any atom is -0.285 e. The quantitative estimate of drug-likeness (QED) is 0.194. The van der Waals surface area contributed by atoms with E-state index in [-0.39, 0.29) is 5.78 Å². The zero-order chi connectivity index (χ0) is 8.53. The Labute approximate surface area is 65.7 Å². The van der Waals surface area contributed by atoms with Crippen LogP contribution < -0.4 is 5.48 Å². The number of ketones is 1. The van der Waals surface area contributed by atoms with Crippen LogP contribution in [0.1, 0.15) is 12.8 Å². The van der Waals surface area contributed by atoms with Crippen LogP contribution in [0.15, 0.2) is 0 Å². The first-order chi connectivity index (χ1) is 5.31. The monoisotopic (exact) mass is 157 g/mol. The molecule has 0 aliphatic carbocycles. The molecule has 0 aromatic rings. The molecule has 11 heavy (non-hydrogen) atoms. The van der Waals surface area contributed by atoms with Crippen molar-refractivity contribution in [3.8, 4) is 12.3 Å². The lowest BCUT2D eigenvalue weighted by Gasteiger charge is -1.98. The van der Waals surface area contributed by atoms with Gasteiger partial charge in [-0.15, -0.1) is 11.4 Å². The van der Waals surface area contributed by atoms with E-state index in [2.05, 4.69) is 15.4 Å². The Morgan fingerprint density at radius 2 is 2.45 bits per heavy atom. The first kappa shape index (κ1) is 10.1. The summed E-state index contributed by atoms with van der Waals surface area (Å²) in [6, 6.07) is 0. The van der Waals surface area contributed by atoms with Crippen molar-refractivity contribution in [3.63, 3.8) is 0 Å². The summed E-state index contributed by atoms with van der Waals surface area (Å²) in [5.74, 6) is 1.83. The molecule has 0 aromatic carbocycles. The normalized spacial score (nSPS) is 9.09. The van der Waals surface area contributed by atoms with E-state index in [1.807, 2.05) is 5.92 Å². The van der Waals surface area contributed by atoms with Crippen molar-refractivity contribution in [1.29, 1.82) is 0 Å². The van der Waals surface area contributed by atoms with Crippen molar-refractivity contribution in [2.75, 3.05) is 13.7 Å². The largest absolute Gasteiger partial charge is 0.285 e. The van der Waals surface area contributed by atoms with Gasteiger partial charge >= 0.3 is 0 Å². The third-order valence-corrected chi connectivity index (χ3v) is 0.986. The maximum absolute atomic E-state index is 10.5. The van der Waals surface area contributed by atoms with Crippen molar-refractivity contribution >= 4 is 5.78 Å². The van der Waals surface area contributed by atoms with Crippen LogP contribution in [0.25, 0.3) is 0 Å². The molecule has 62 valence electrons. The number of carbonyl (C=O) groups excluding carboxylic acids is 1. The second-order valence-corrected chi connectivity index (χ2v) is 1.82. The summed E-state index contributed by atoms with van der Waals surface area (Å²) in [7, 11) is 1.39. The molecule has 0 heterocycles. The molecule has 0 aliphatic rings. The molecular weight excluding hydrogens is 146 g/mol. The van der Waals surface area contributed by atoms with E-state index in [0.29, 0.717) is 19.4 Å². The molecular formula is C7H11NO3. The molecule has 0 rings (SSSR count). The average molecular weight is 157 g/mol. The molecule has 4 nitrogen and oxygen atoms in total. The smallest absolute Gasteiger partial charge is 0.205 e. The fraction of sp³-hybridized carbons (Fsp3) is 0.571. The van der Waals surface area contributed by atoms with Gasteiger partial charge in [-0.25, -0.2) is 4.89 Å². The number of nitrogens with one attached hydrogen (secondary N) is 1. The van der Waals surface area contributed by atoms with Gasteiger partial charge in [0.05, 0.1) is 7.11 Å². The van der Waals surface area contributed by atoms with Gasteiger partial charge in [-0.3, -0.25) is 4.79 Å². The Balaban J connectivity index is 3.03.